The lowest BCUT2D eigenvalue weighted by molar-refractivity contribution is -0.143. The van der Waals surface area contributed by atoms with Gasteiger partial charge in [0.05, 0.1) is 25.4 Å². The molecule has 79 heavy (non-hydrogen) atoms. The smallest absolute Gasteiger partial charge is 0.305 e. The predicted molar refractivity (Wildman–Crippen MR) is 347 cm³/mol. The quantitative estimate of drug-likeness (QED) is 0.0417. The maximum atomic E-state index is 12.5. The van der Waals surface area contributed by atoms with Crippen molar-refractivity contribution in [3.8, 4) is 0 Å². The fourth-order valence-corrected chi connectivity index (χ4v) is 12.1. The fourth-order valence-electron chi connectivity index (χ4n) is 12.1. The number of amides is 1. The highest BCUT2D eigenvalue weighted by Crippen LogP contribution is 2.20. The summed E-state index contributed by atoms with van der Waals surface area (Å²) in [6, 6.07) is -0.540. The summed E-state index contributed by atoms with van der Waals surface area (Å²) in [7, 11) is 0. The molecule has 6 heteroatoms. The van der Waals surface area contributed by atoms with Gasteiger partial charge in [0, 0.05) is 12.8 Å². The highest BCUT2D eigenvalue weighted by atomic mass is 16.5. The molecular formula is C73H145NO5. The van der Waals surface area contributed by atoms with Gasteiger partial charge in [-0.3, -0.25) is 9.59 Å². The summed E-state index contributed by atoms with van der Waals surface area (Å²) in [4.78, 5) is 24.7. The Morgan fingerprint density at radius 1 is 0.304 bits per heavy atom. The number of carbonyl (C=O) groups excluding carboxylic acids is 2. The van der Waals surface area contributed by atoms with Crippen LogP contribution in [0.15, 0.2) is 0 Å². The standard InChI is InChI=1S/C73H145NO5/c1-3-5-7-9-11-13-15-17-19-21-23-30-33-37-41-45-49-53-57-61-65-71(76)70(69-75)74-72(77)66-62-58-54-50-46-42-38-34-31-28-26-24-25-27-29-32-36-40-44-48-52-56-60-64-68-79-73(78)67-63-59-55-51-47-43-39-35-22-20-18-16-14-12-10-8-6-4-2/h70-71,75-76H,3-69H2,1-2H3,(H,74,77). The summed E-state index contributed by atoms with van der Waals surface area (Å²) in [5.74, 6) is -0.00678. The molecule has 0 aliphatic carbocycles. The third-order valence-corrected chi connectivity index (χ3v) is 17.7. The minimum absolute atomic E-state index is 0.0215. The fraction of sp³-hybridized carbons (Fsp3) is 0.973. The van der Waals surface area contributed by atoms with Crippen molar-refractivity contribution < 1.29 is 24.5 Å². The minimum Gasteiger partial charge on any atom is -0.466 e. The number of aliphatic hydroxyl groups excluding tert-OH is 2. The lowest BCUT2D eigenvalue weighted by Crippen LogP contribution is -2.45. The molecule has 0 rings (SSSR count). The second-order valence-electron chi connectivity index (χ2n) is 25.6. The molecule has 0 saturated carbocycles. The van der Waals surface area contributed by atoms with Crippen molar-refractivity contribution >= 4 is 11.9 Å². The monoisotopic (exact) mass is 1120 g/mol. The zero-order chi connectivity index (χ0) is 57.1. The molecule has 0 bridgehead atoms. The third-order valence-electron chi connectivity index (χ3n) is 17.7. The molecule has 0 saturated heterocycles. The second kappa shape index (κ2) is 69.4. The minimum atomic E-state index is -0.663. The Balaban J connectivity index is 3.34. The van der Waals surface area contributed by atoms with Gasteiger partial charge in [-0.1, -0.05) is 393 Å². The predicted octanol–water partition coefficient (Wildman–Crippen LogP) is 23.8. The van der Waals surface area contributed by atoms with Crippen LogP contribution in [0.5, 0.6) is 0 Å². The van der Waals surface area contributed by atoms with Crippen molar-refractivity contribution in [2.45, 2.75) is 443 Å². The van der Waals surface area contributed by atoms with E-state index in [1.807, 2.05) is 0 Å². The summed E-state index contributed by atoms with van der Waals surface area (Å²) in [5.41, 5.74) is 0. The molecule has 6 nitrogen and oxygen atoms in total. The van der Waals surface area contributed by atoms with E-state index in [0.29, 0.717) is 25.9 Å². The molecule has 0 aromatic rings. The average molecular weight is 1120 g/mol. The first-order valence-electron chi connectivity index (χ1n) is 36.8. The Morgan fingerprint density at radius 3 is 0.772 bits per heavy atom. The van der Waals surface area contributed by atoms with Crippen LogP contribution in [0.4, 0.5) is 0 Å². The topological polar surface area (TPSA) is 95.9 Å². The van der Waals surface area contributed by atoms with Crippen molar-refractivity contribution in [3.63, 3.8) is 0 Å². The summed E-state index contributed by atoms with van der Waals surface area (Å²) in [6.45, 7) is 5.01. The summed E-state index contributed by atoms with van der Waals surface area (Å²) < 4.78 is 5.51. The Bertz CT molecular complexity index is 1150. The number of unbranched alkanes of at least 4 members (excludes halogenated alkanes) is 59. The molecule has 0 fully saturated rings. The molecule has 0 aromatic carbocycles. The van der Waals surface area contributed by atoms with Crippen LogP contribution in [-0.2, 0) is 14.3 Å². The van der Waals surface area contributed by atoms with E-state index in [0.717, 1.165) is 38.5 Å². The molecule has 3 N–H and O–H groups in total. The maximum absolute atomic E-state index is 12.5. The Labute approximate surface area is 496 Å². The van der Waals surface area contributed by atoms with Gasteiger partial charge in [0.15, 0.2) is 0 Å². The SMILES string of the molecule is CCCCCCCCCCCCCCCCCCCCCCC(O)C(CO)NC(=O)CCCCCCCCCCCCCCCCCCCCCCCCCCOC(=O)CCCCCCCCCCCCCCCCCCCC. The van der Waals surface area contributed by atoms with E-state index in [2.05, 4.69) is 19.2 Å². The first-order chi connectivity index (χ1) is 39.0. The molecule has 0 aliphatic heterocycles. The van der Waals surface area contributed by atoms with Crippen molar-refractivity contribution in [1.82, 2.24) is 5.32 Å². The van der Waals surface area contributed by atoms with Gasteiger partial charge in [0.1, 0.15) is 0 Å². The number of esters is 1. The number of rotatable bonds is 70. The number of nitrogens with one attached hydrogen (secondary N) is 1. The number of hydrogen-bond donors (Lipinski definition) is 3. The largest absolute Gasteiger partial charge is 0.466 e. The van der Waals surface area contributed by atoms with Gasteiger partial charge in [-0.2, -0.15) is 0 Å². The molecule has 0 spiro atoms. The van der Waals surface area contributed by atoms with Gasteiger partial charge < -0.3 is 20.3 Å². The molecule has 2 unspecified atom stereocenters. The molecule has 2 atom stereocenters. The lowest BCUT2D eigenvalue weighted by atomic mass is 10.0. The summed E-state index contributed by atoms with van der Waals surface area (Å²) >= 11 is 0. The average Bonchev–Trinajstić information content (AvgIpc) is 3.45. The van der Waals surface area contributed by atoms with E-state index in [1.54, 1.807) is 0 Å². The van der Waals surface area contributed by atoms with E-state index in [1.165, 1.54) is 360 Å². The van der Waals surface area contributed by atoms with Crippen LogP contribution in [0, 0.1) is 0 Å². The van der Waals surface area contributed by atoms with Crippen LogP contribution < -0.4 is 5.32 Å². The van der Waals surface area contributed by atoms with E-state index in [-0.39, 0.29) is 18.5 Å². The van der Waals surface area contributed by atoms with Gasteiger partial charge in [0.2, 0.25) is 5.91 Å². The molecule has 0 aromatic heterocycles. The Hall–Kier alpha value is -1.14. The van der Waals surface area contributed by atoms with Crippen LogP contribution in [0.3, 0.4) is 0 Å². The van der Waals surface area contributed by atoms with E-state index in [4.69, 9.17) is 4.74 Å². The van der Waals surface area contributed by atoms with E-state index in [9.17, 15) is 19.8 Å². The van der Waals surface area contributed by atoms with E-state index < -0.39 is 12.1 Å². The van der Waals surface area contributed by atoms with Crippen LogP contribution >= 0.6 is 0 Å². The van der Waals surface area contributed by atoms with Gasteiger partial charge in [-0.25, -0.2) is 0 Å². The first-order valence-corrected chi connectivity index (χ1v) is 36.8. The Morgan fingerprint density at radius 2 is 0.519 bits per heavy atom. The van der Waals surface area contributed by atoms with Crippen molar-refractivity contribution in [1.29, 1.82) is 0 Å². The van der Waals surface area contributed by atoms with E-state index >= 15 is 0 Å². The number of aliphatic hydroxyl groups is 2. The number of hydrogen-bond acceptors (Lipinski definition) is 5. The zero-order valence-electron chi connectivity index (χ0n) is 54.2. The zero-order valence-corrected chi connectivity index (χ0v) is 54.2. The molecule has 1 amide bonds. The number of carbonyl (C=O) groups is 2. The van der Waals surface area contributed by atoms with Gasteiger partial charge in [-0.05, 0) is 25.7 Å². The molecule has 472 valence electrons. The normalized spacial score (nSPS) is 12.4. The van der Waals surface area contributed by atoms with Crippen molar-refractivity contribution in [3.05, 3.63) is 0 Å². The first kappa shape index (κ1) is 77.9. The van der Waals surface area contributed by atoms with Gasteiger partial charge >= 0.3 is 5.97 Å². The van der Waals surface area contributed by atoms with Crippen LogP contribution in [0.2, 0.25) is 0 Å². The van der Waals surface area contributed by atoms with Crippen LogP contribution in [-0.4, -0.2) is 47.4 Å². The molecule has 0 radical (unpaired) electrons. The van der Waals surface area contributed by atoms with Gasteiger partial charge in [0.25, 0.3) is 0 Å². The van der Waals surface area contributed by atoms with Crippen LogP contribution in [0.25, 0.3) is 0 Å². The van der Waals surface area contributed by atoms with Crippen molar-refractivity contribution in [2.24, 2.45) is 0 Å². The lowest BCUT2D eigenvalue weighted by Gasteiger charge is -2.22. The van der Waals surface area contributed by atoms with Crippen LogP contribution in [0.1, 0.15) is 431 Å². The summed E-state index contributed by atoms with van der Waals surface area (Å²) in [6.07, 6.45) is 84.4. The second-order valence-corrected chi connectivity index (χ2v) is 25.6. The molecular weight excluding hydrogens is 971 g/mol. The molecule has 0 aliphatic rings. The third kappa shape index (κ3) is 65.9. The highest BCUT2D eigenvalue weighted by Gasteiger charge is 2.20. The summed E-state index contributed by atoms with van der Waals surface area (Å²) in [5, 5.41) is 23.4. The molecule has 0 heterocycles. The van der Waals surface area contributed by atoms with Crippen molar-refractivity contribution in [2.75, 3.05) is 13.2 Å². The number of ether oxygens (including phenoxy) is 1. The highest BCUT2D eigenvalue weighted by molar-refractivity contribution is 5.76. The Kier molecular flexibility index (Phi) is 68.4. The van der Waals surface area contributed by atoms with Gasteiger partial charge in [-0.15, -0.1) is 0 Å². The maximum Gasteiger partial charge on any atom is 0.305 e.